The predicted octanol–water partition coefficient (Wildman–Crippen LogP) is 2.79. The van der Waals surface area contributed by atoms with Gasteiger partial charge in [0.05, 0.1) is 12.2 Å². The Labute approximate surface area is 177 Å². The number of aromatic nitrogens is 2. The number of amides is 2. The van der Waals surface area contributed by atoms with Crippen LogP contribution in [0.4, 0.5) is 10.5 Å². The number of carbonyl (C=O) groups is 1. The molecule has 1 N–H and O–H groups in total. The molecule has 7 heteroatoms. The molecule has 2 aromatic rings. The van der Waals surface area contributed by atoms with E-state index in [4.69, 9.17) is 4.74 Å². The normalized spacial score (nSPS) is 28.8. The highest BCUT2D eigenvalue weighted by molar-refractivity contribution is 5.76. The Bertz CT molecular complexity index is 881. The number of H-pyrrole nitrogens is 1. The summed E-state index contributed by atoms with van der Waals surface area (Å²) in [5.74, 6) is 0.839. The van der Waals surface area contributed by atoms with Crippen molar-refractivity contribution in [1.29, 1.82) is 0 Å². The molecule has 6 rings (SSSR count). The van der Waals surface area contributed by atoms with Gasteiger partial charge in [-0.1, -0.05) is 12.1 Å². The van der Waals surface area contributed by atoms with E-state index in [0.29, 0.717) is 24.0 Å². The van der Waals surface area contributed by atoms with Crippen LogP contribution >= 0.6 is 0 Å². The number of benzene rings is 1. The number of morpholine rings is 1. The van der Waals surface area contributed by atoms with Crippen LogP contribution < -0.4 is 4.90 Å². The summed E-state index contributed by atoms with van der Waals surface area (Å²) in [5, 5.41) is 7.09. The standard InChI is InChI=1S/C23H29N5O2/c29-23(26-10-8-17(11-26)22-7-9-24-25-22)28-12-18(13-28)16-1-3-19(4-2-16)27-14-20-5-6-21(15-27)30-20/h1-4,7,9,17-18,20-21H,5-6,8,10-15H2,(H,24,25). The molecule has 3 atom stereocenters. The Morgan fingerprint density at radius 3 is 2.33 bits per heavy atom. The van der Waals surface area contributed by atoms with E-state index in [2.05, 4.69) is 39.4 Å². The molecule has 1 aromatic heterocycles. The maximum atomic E-state index is 12.9. The number of likely N-dealkylation sites (tertiary alicyclic amines) is 2. The number of nitrogens with zero attached hydrogens (tertiary/aromatic N) is 4. The van der Waals surface area contributed by atoms with E-state index >= 15 is 0 Å². The lowest BCUT2D eigenvalue weighted by atomic mass is 9.91. The fraction of sp³-hybridized carbons (Fsp3) is 0.565. The monoisotopic (exact) mass is 407 g/mol. The van der Waals surface area contributed by atoms with Gasteiger partial charge >= 0.3 is 6.03 Å². The third-order valence-corrected chi connectivity index (χ3v) is 7.35. The summed E-state index contributed by atoms with van der Waals surface area (Å²) < 4.78 is 5.95. The molecule has 1 aromatic carbocycles. The molecule has 0 spiro atoms. The molecule has 0 saturated carbocycles. The molecule has 2 amide bonds. The molecule has 2 bridgehead atoms. The second kappa shape index (κ2) is 7.30. The summed E-state index contributed by atoms with van der Waals surface area (Å²) >= 11 is 0. The maximum Gasteiger partial charge on any atom is 0.320 e. The molecule has 30 heavy (non-hydrogen) atoms. The maximum absolute atomic E-state index is 12.9. The predicted molar refractivity (Wildman–Crippen MR) is 114 cm³/mol. The summed E-state index contributed by atoms with van der Waals surface area (Å²) in [4.78, 5) is 19.3. The van der Waals surface area contributed by atoms with Gasteiger partial charge in [-0.05, 0) is 43.0 Å². The van der Waals surface area contributed by atoms with Crippen LogP contribution in [0.2, 0.25) is 0 Å². The second-order valence-corrected chi connectivity index (χ2v) is 9.28. The minimum atomic E-state index is 0.189. The van der Waals surface area contributed by atoms with Crippen molar-refractivity contribution in [2.24, 2.45) is 0 Å². The van der Waals surface area contributed by atoms with Gasteiger partial charge in [0, 0.05) is 68.7 Å². The highest BCUT2D eigenvalue weighted by Gasteiger charge is 2.38. The van der Waals surface area contributed by atoms with Gasteiger partial charge in [-0.3, -0.25) is 5.10 Å². The van der Waals surface area contributed by atoms with Crippen molar-refractivity contribution in [2.45, 2.75) is 43.3 Å². The number of nitrogens with one attached hydrogen (secondary N) is 1. The summed E-state index contributed by atoms with van der Waals surface area (Å²) in [5.41, 5.74) is 3.78. The van der Waals surface area contributed by atoms with E-state index in [-0.39, 0.29) is 6.03 Å². The molecular weight excluding hydrogens is 378 g/mol. The first-order valence-electron chi connectivity index (χ1n) is 11.3. The fourth-order valence-corrected chi connectivity index (χ4v) is 5.51. The molecule has 158 valence electrons. The van der Waals surface area contributed by atoms with E-state index in [1.54, 1.807) is 6.20 Å². The van der Waals surface area contributed by atoms with Gasteiger partial charge in [-0.2, -0.15) is 5.10 Å². The van der Waals surface area contributed by atoms with Gasteiger partial charge < -0.3 is 19.4 Å². The Kier molecular flexibility index (Phi) is 4.44. The van der Waals surface area contributed by atoms with E-state index in [9.17, 15) is 4.79 Å². The Hall–Kier alpha value is -2.54. The molecular formula is C23H29N5O2. The highest BCUT2D eigenvalue weighted by atomic mass is 16.5. The number of aromatic amines is 1. The van der Waals surface area contributed by atoms with Crippen molar-refractivity contribution in [1.82, 2.24) is 20.0 Å². The summed E-state index contributed by atoms with van der Waals surface area (Å²) in [7, 11) is 0. The molecule has 5 heterocycles. The zero-order valence-electron chi connectivity index (χ0n) is 17.2. The first-order valence-corrected chi connectivity index (χ1v) is 11.3. The lowest BCUT2D eigenvalue weighted by Gasteiger charge is -2.41. The molecule has 4 saturated heterocycles. The molecule has 4 fully saturated rings. The van der Waals surface area contributed by atoms with Crippen molar-refractivity contribution >= 4 is 11.7 Å². The smallest absolute Gasteiger partial charge is 0.320 e. The SMILES string of the molecule is O=C(N1CC(c2ccc(N3CC4CCC(C3)O4)cc2)C1)N1CCC(c2ccn[nH]2)C1. The third kappa shape index (κ3) is 3.25. The lowest BCUT2D eigenvalue weighted by Crippen LogP contribution is -2.53. The number of urea groups is 1. The van der Waals surface area contributed by atoms with E-state index in [0.717, 1.165) is 51.4 Å². The van der Waals surface area contributed by atoms with Crippen LogP contribution in [0.25, 0.3) is 0 Å². The van der Waals surface area contributed by atoms with Gasteiger partial charge in [0.25, 0.3) is 0 Å². The molecule has 7 nitrogen and oxygen atoms in total. The lowest BCUT2D eigenvalue weighted by molar-refractivity contribution is 0.0305. The third-order valence-electron chi connectivity index (χ3n) is 7.35. The first kappa shape index (κ1) is 18.2. The zero-order chi connectivity index (χ0) is 20.1. The summed E-state index contributed by atoms with van der Waals surface area (Å²) in [6.45, 7) is 5.29. The van der Waals surface area contributed by atoms with Crippen LogP contribution in [0.15, 0.2) is 36.5 Å². The largest absolute Gasteiger partial charge is 0.371 e. The average molecular weight is 408 g/mol. The second-order valence-electron chi connectivity index (χ2n) is 9.28. The number of hydrogen-bond donors (Lipinski definition) is 1. The average Bonchev–Trinajstić information content (AvgIpc) is 3.48. The van der Waals surface area contributed by atoms with Crippen molar-refractivity contribution in [3.8, 4) is 0 Å². The van der Waals surface area contributed by atoms with Crippen molar-refractivity contribution in [3.05, 3.63) is 47.8 Å². The minimum Gasteiger partial charge on any atom is -0.371 e. The number of hydrogen-bond acceptors (Lipinski definition) is 4. The van der Waals surface area contributed by atoms with E-state index in [1.165, 1.54) is 24.1 Å². The molecule has 3 unspecified atom stereocenters. The molecule has 4 aliphatic rings. The molecule has 0 radical (unpaired) electrons. The quantitative estimate of drug-likeness (QED) is 0.850. The van der Waals surface area contributed by atoms with Crippen LogP contribution in [0.1, 0.15) is 42.4 Å². The number of fused-ring (bicyclic) bond motifs is 2. The minimum absolute atomic E-state index is 0.189. The topological polar surface area (TPSA) is 64.7 Å². The van der Waals surface area contributed by atoms with Crippen LogP contribution in [0.5, 0.6) is 0 Å². The fourth-order valence-electron chi connectivity index (χ4n) is 5.51. The van der Waals surface area contributed by atoms with Gasteiger partial charge in [-0.15, -0.1) is 0 Å². The van der Waals surface area contributed by atoms with Gasteiger partial charge in [0.15, 0.2) is 0 Å². The van der Waals surface area contributed by atoms with Crippen molar-refractivity contribution in [3.63, 3.8) is 0 Å². The summed E-state index contributed by atoms with van der Waals surface area (Å²) in [6, 6.07) is 11.2. The van der Waals surface area contributed by atoms with Crippen molar-refractivity contribution < 1.29 is 9.53 Å². The van der Waals surface area contributed by atoms with Crippen LogP contribution in [0.3, 0.4) is 0 Å². The highest BCUT2D eigenvalue weighted by Crippen LogP contribution is 2.33. The Morgan fingerprint density at radius 1 is 0.900 bits per heavy atom. The molecule has 4 aliphatic heterocycles. The number of carbonyl (C=O) groups excluding carboxylic acids is 1. The zero-order valence-corrected chi connectivity index (χ0v) is 17.2. The first-order chi connectivity index (χ1) is 14.7. The van der Waals surface area contributed by atoms with E-state index in [1.807, 2.05) is 15.9 Å². The van der Waals surface area contributed by atoms with Gasteiger partial charge in [0.2, 0.25) is 0 Å². The van der Waals surface area contributed by atoms with Crippen molar-refractivity contribution in [2.75, 3.05) is 44.2 Å². The number of ether oxygens (including phenoxy) is 1. The van der Waals surface area contributed by atoms with Crippen LogP contribution in [-0.4, -0.2) is 77.5 Å². The van der Waals surface area contributed by atoms with Crippen LogP contribution in [-0.2, 0) is 4.74 Å². The van der Waals surface area contributed by atoms with Gasteiger partial charge in [0.1, 0.15) is 0 Å². The Morgan fingerprint density at radius 2 is 1.63 bits per heavy atom. The number of rotatable bonds is 3. The summed E-state index contributed by atoms with van der Waals surface area (Å²) in [6.07, 6.45) is 6.02. The van der Waals surface area contributed by atoms with Crippen LogP contribution in [0, 0.1) is 0 Å². The van der Waals surface area contributed by atoms with E-state index < -0.39 is 0 Å². The molecule has 0 aliphatic carbocycles. The Balaban J connectivity index is 1.03. The van der Waals surface area contributed by atoms with Gasteiger partial charge in [-0.25, -0.2) is 4.79 Å². The number of anilines is 1.